The maximum Gasteiger partial charge on any atom is 0.261 e. The van der Waals surface area contributed by atoms with E-state index in [0.717, 1.165) is 0 Å². The van der Waals surface area contributed by atoms with Crippen LogP contribution < -0.4 is 10.2 Å². The van der Waals surface area contributed by atoms with Crippen molar-refractivity contribution in [3.05, 3.63) is 52.1 Å². The van der Waals surface area contributed by atoms with E-state index in [9.17, 15) is 4.79 Å². The summed E-state index contributed by atoms with van der Waals surface area (Å²) in [5.74, 6) is 0.250. The quantitative estimate of drug-likeness (QED) is 0.928. The van der Waals surface area contributed by atoms with E-state index in [4.69, 9.17) is 5.26 Å². The van der Waals surface area contributed by atoms with Crippen LogP contribution in [0.15, 0.2) is 41.0 Å². The van der Waals surface area contributed by atoms with Crippen LogP contribution in [0, 0.1) is 11.3 Å². The number of aromatic nitrogens is 1. The molecule has 2 aromatic rings. The molecule has 0 aliphatic carbocycles. The summed E-state index contributed by atoms with van der Waals surface area (Å²) in [6.45, 7) is 0. The number of pyridine rings is 1. The van der Waals surface area contributed by atoms with Gasteiger partial charge in [0.15, 0.2) is 0 Å². The zero-order chi connectivity index (χ0) is 15.4. The Morgan fingerprint density at radius 2 is 2.14 bits per heavy atom. The van der Waals surface area contributed by atoms with Gasteiger partial charge >= 0.3 is 0 Å². The maximum absolute atomic E-state index is 12.7. The summed E-state index contributed by atoms with van der Waals surface area (Å²) in [6.07, 6.45) is 1.62. The molecular formula is C15H13BrN4O. The molecule has 6 heteroatoms. The number of nitriles is 1. The standard InChI is InChI=1S/C15H13BrN4O/c1-18-14-12(7-11(16)9-19-14)15(21)20(2)13-6-4-3-5-10(13)8-17/h3-7,9H,1-2H3,(H,18,19). The Hall–Kier alpha value is -2.39. The Morgan fingerprint density at radius 3 is 2.81 bits per heavy atom. The SMILES string of the molecule is CNc1ncc(Br)cc1C(=O)N(C)c1ccccc1C#N. The molecule has 106 valence electrons. The summed E-state index contributed by atoms with van der Waals surface area (Å²) in [7, 11) is 3.34. The zero-order valence-corrected chi connectivity index (χ0v) is 13.2. The first kappa shape index (κ1) is 15.0. The fourth-order valence-corrected chi connectivity index (χ4v) is 2.28. The van der Waals surface area contributed by atoms with Gasteiger partial charge in [0.25, 0.3) is 5.91 Å². The van der Waals surface area contributed by atoms with Gasteiger partial charge in [-0.3, -0.25) is 4.79 Å². The van der Waals surface area contributed by atoms with Crippen molar-refractivity contribution in [1.29, 1.82) is 5.26 Å². The van der Waals surface area contributed by atoms with Crippen LogP contribution in [0.25, 0.3) is 0 Å². The number of nitrogens with one attached hydrogen (secondary N) is 1. The molecule has 0 unspecified atom stereocenters. The third-order valence-electron chi connectivity index (χ3n) is 3.01. The first-order chi connectivity index (χ1) is 10.1. The topological polar surface area (TPSA) is 69.0 Å². The molecule has 1 heterocycles. The highest BCUT2D eigenvalue weighted by Gasteiger charge is 2.20. The maximum atomic E-state index is 12.7. The number of amides is 1. The molecule has 1 aromatic heterocycles. The summed E-state index contributed by atoms with van der Waals surface area (Å²) < 4.78 is 0.715. The van der Waals surface area contributed by atoms with Gasteiger partial charge in [0.05, 0.1) is 16.8 Å². The van der Waals surface area contributed by atoms with E-state index in [-0.39, 0.29) is 5.91 Å². The van der Waals surface area contributed by atoms with Gasteiger partial charge in [-0.05, 0) is 34.1 Å². The van der Waals surface area contributed by atoms with Crippen molar-refractivity contribution in [1.82, 2.24) is 4.98 Å². The molecule has 0 radical (unpaired) electrons. The Labute approximate surface area is 131 Å². The molecule has 1 aromatic carbocycles. The third-order valence-corrected chi connectivity index (χ3v) is 3.45. The molecule has 21 heavy (non-hydrogen) atoms. The molecule has 5 nitrogen and oxygen atoms in total. The monoisotopic (exact) mass is 344 g/mol. The number of anilines is 2. The molecule has 0 atom stereocenters. The van der Waals surface area contributed by atoms with Gasteiger partial charge in [0, 0.05) is 24.8 Å². The molecule has 0 aliphatic heterocycles. The first-order valence-corrected chi connectivity index (χ1v) is 6.98. The third kappa shape index (κ3) is 3.03. The minimum atomic E-state index is -0.240. The van der Waals surface area contributed by atoms with E-state index in [2.05, 4.69) is 32.3 Å². The second kappa shape index (κ2) is 6.37. The second-order valence-electron chi connectivity index (χ2n) is 4.29. The highest BCUT2D eigenvalue weighted by atomic mass is 79.9. The molecule has 0 fully saturated rings. The molecular weight excluding hydrogens is 332 g/mol. The Kier molecular flexibility index (Phi) is 4.55. The summed E-state index contributed by atoms with van der Waals surface area (Å²) in [6, 6.07) is 10.8. The van der Waals surface area contributed by atoms with E-state index in [1.165, 1.54) is 4.90 Å². The summed E-state index contributed by atoms with van der Waals surface area (Å²) >= 11 is 3.31. The lowest BCUT2D eigenvalue weighted by Gasteiger charge is -2.19. The normalized spacial score (nSPS) is 9.81. The lowest BCUT2D eigenvalue weighted by atomic mass is 10.1. The second-order valence-corrected chi connectivity index (χ2v) is 5.21. The van der Waals surface area contributed by atoms with Gasteiger partial charge in [-0.1, -0.05) is 12.1 Å². The fourth-order valence-electron chi connectivity index (χ4n) is 1.95. The largest absolute Gasteiger partial charge is 0.372 e. The Morgan fingerprint density at radius 1 is 1.43 bits per heavy atom. The molecule has 0 saturated carbocycles. The van der Waals surface area contributed by atoms with E-state index in [1.807, 2.05) is 0 Å². The number of rotatable bonds is 3. The number of carbonyl (C=O) groups excluding carboxylic acids is 1. The van der Waals surface area contributed by atoms with E-state index < -0.39 is 0 Å². The van der Waals surface area contributed by atoms with Crippen LogP contribution in [0.3, 0.4) is 0 Å². The minimum absolute atomic E-state index is 0.240. The van der Waals surface area contributed by atoms with Gasteiger partial charge in [-0.2, -0.15) is 5.26 Å². The van der Waals surface area contributed by atoms with Crippen LogP contribution in [-0.2, 0) is 0 Å². The lowest BCUT2D eigenvalue weighted by Crippen LogP contribution is -2.28. The van der Waals surface area contributed by atoms with Crippen LogP contribution in [0.1, 0.15) is 15.9 Å². The molecule has 1 N–H and O–H groups in total. The average molecular weight is 345 g/mol. The van der Waals surface area contributed by atoms with Crippen molar-refractivity contribution in [2.75, 3.05) is 24.3 Å². The van der Waals surface area contributed by atoms with E-state index >= 15 is 0 Å². The molecule has 0 saturated heterocycles. The lowest BCUT2D eigenvalue weighted by molar-refractivity contribution is 0.0993. The van der Waals surface area contributed by atoms with Gasteiger partial charge in [-0.15, -0.1) is 0 Å². The van der Waals surface area contributed by atoms with Crippen LogP contribution in [0.5, 0.6) is 0 Å². The molecule has 0 aliphatic rings. The van der Waals surface area contributed by atoms with Crippen molar-refractivity contribution < 1.29 is 4.79 Å². The number of halogens is 1. The number of nitrogens with zero attached hydrogens (tertiary/aromatic N) is 3. The highest BCUT2D eigenvalue weighted by Crippen LogP contribution is 2.24. The summed E-state index contributed by atoms with van der Waals surface area (Å²) in [4.78, 5) is 18.3. The first-order valence-electron chi connectivity index (χ1n) is 6.19. The molecule has 0 bridgehead atoms. The summed E-state index contributed by atoms with van der Waals surface area (Å²) in [5, 5.41) is 12.0. The van der Waals surface area contributed by atoms with Crippen molar-refractivity contribution in [3.8, 4) is 6.07 Å². The molecule has 2 rings (SSSR count). The average Bonchev–Trinajstić information content (AvgIpc) is 2.53. The van der Waals surface area contributed by atoms with Crippen LogP contribution >= 0.6 is 15.9 Å². The van der Waals surface area contributed by atoms with Gasteiger partial charge < -0.3 is 10.2 Å². The Bertz CT molecular complexity index is 724. The van der Waals surface area contributed by atoms with Crippen LogP contribution in [-0.4, -0.2) is 25.0 Å². The van der Waals surface area contributed by atoms with Crippen molar-refractivity contribution in [2.45, 2.75) is 0 Å². The zero-order valence-electron chi connectivity index (χ0n) is 11.6. The predicted molar refractivity (Wildman–Crippen MR) is 85.4 cm³/mol. The summed E-state index contributed by atoms with van der Waals surface area (Å²) in [5.41, 5.74) is 1.44. The molecule has 1 amide bonds. The Balaban J connectivity index is 2.45. The van der Waals surface area contributed by atoms with E-state index in [0.29, 0.717) is 27.1 Å². The van der Waals surface area contributed by atoms with Gasteiger partial charge in [-0.25, -0.2) is 4.98 Å². The van der Waals surface area contributed by atoms with Gasteiger partial charge in [0.2, 0.25) is 0 Å². The van der Waals surface area contributed by atoms with E-state index in [1.54, 1.807) is 50.6 Å². The number of benzene rings is 1. The number of hydrogen-bond acceptors (Lipinski definition) is 4. The molecule has 0 spiro atoms. The number of para-hydroxylation sites is 1. The number of carbonyl (C=O) groups is 1. The van der Waals surface area contributed by atoms with Crippen molar-refractivity contribution >= 4 is 33.3 Å². The van der Waals surface area contributed by atoms with Crippen LogP contribution in [0.4, 0.5) is 11.5 Å². The predicted octanol–water partition coefficient (Wildman–Crippen LogP) is 3.03. The number of hydrogen-bond donors (Lipinski definition) is 1. The van der Waals surface area contributed by atoms with Gasteiger partial charge in [0.1, 0.15) is 11.9 Å². The van der Waals surface area contributed by atoms with Crippen LogP contribution in [0.2, 0.25) is 0 Å². The highest BCUT2D eigenvalue weighted by molar-refractivity contribution is 9.10. The van der Waals surface area contributed by atoms with Crippen molar-refractivity contribution in [3.63, 3.8) is 0 Å². The minimum Gasteiger partial charge on any atom is -0.372 e. The smallest absolute Gasteiger partial charge is 0.261 e. The van der Waals surface area contributed by atoms with Crippen molar-refractivity contribution in [2.24, 2.45) is 0 Å². The fraction of sp³-hybridized carbons (Fsp3) is 0.133.